The number of rotatable bonds is 5. The quantitative estimate of drug-likeness (QED) is 0.476. The van der Waals surface area contributed by atoms with Crippen LogP contribution in [0.1, 0.15) is 27.6 Å². The molecular weight excluding hydrogens is 372 g/mol. The lowest BCUT2D eigenvalue weighted by Crippen LogP contribution is -2.06. The molecule has 0 fully saturated rings. The summed E-state index contributed by atoms with van der Waals surface area (Å²) in [6, 6.07) is 12.3. The summed E-state index contributed by atoms with van der Waals surface area (Å²) in [5, 5.41) is 3.92. The fourth-order valence-corrected chi connectivity index (χ4v) is 2.76. The molecule has 8 nitrogen and oxygen atoms in total. The van der Waals surface area contributed by atoms with Gasteiger partial charge in [0.25, 0.3) is 5.89 Å². The lowest BCUT2D eigenvalue weighted by Gasteiger charge is -2.05. The first-order valence-electron chi connectivity index (χ1n) is 8.92. The Bertz CT molecular complexity index is 1200. The van der Waals surface area contributed by atoms with Crippen molar-refractivity contribution in [2.24, 2.45) is 0 Å². The van der Waals surface area contributed by atoms with Gasteiger partial charge in [-0.2, -0.15) is 4.98 Å². The summed E-state index contributed by atoms with van der Waals surface area (Å²) < 4.78 is 15.7. The molecule has 0 saturated carbocycles. The second-order valence-electron chi connectivity index (χ2n) is 6.42. The van der Waals surface area contributed by atoms with Crippen molar-refractivity contribution < 1.29 is 18.8 Å². The van der Waals surface area contributed by atoms with Gasteiger partial charge in [-0.3, -0.25) is 0 Å². The fourth-order valence-electron chi connectivity index (χ4n) is 2.76. The molecule has 0 bridgehead atoms. The van der Waals surface area contributed by atoms with Gasteiger partial charge in [0.1, 0.15) is 5.75 Å². The Morgan fingerprint density at radius 2 is 1.79 bits per heavy atom. The van der Waals surface area contributed by atoms with Gasteiger partial charge < -0.3 is 14.0 Å². The predicted molar refractivity (Wildman–Crippen MR) is 104 cm³/mol. The number of carbonyl (C=O) groups excluding carboxylic acids is 1. The second kappa shape index (κ2) is 7.67. The van der Waals surface area contributed by atoms with E-state index in [-0.39, 0.29) is 12.5 Å². The van der Waals surface area contributed by atoms with Crippen molar-refractivity contribution in [1.82, 2.24) is 20.1 Å². The third-order valence-corrected chi connectivity index (χ3v) is 4.43. The van der Waals surface area contributed by atoms with Gasteiger partial charge in [0.2, 0.25) is 5.82 Å². The third kappa shape index (κ3) is 3.91. The zero-order valence-electron chi connectivity index (χ0n) is 16.2. The Morgan fingerprint density at radius 3 is 2.59 bits per heavy atom. The predicted octanol–water partition coefficient (Wildman–Crippen LogP) is 3.66. The van der Waals surface area contributed by atoms with Crippen LogP contribution in [0.5, 0.6) is 5.75 Å². The molecule has 2 heterocycles. The Balaban J connectivity index is 1.46. The largest absolute Gasteiger partial charge is 0.497 e. The van der Waals surface area contributed by atoms with Gasteiger partial charge in [-0.1, -0.05) is 17.3 Å². The number of aryl methyl sites for hydroxylation is 2. The number of ether oxygens (including phenoxy) is 2. The Kier molecular flexibility index (Phi) is 4.90. The molecule has 0 unspecified atom stereocenters. The minimum atomic E-state index is -0.506. The number of hydrogen-bond acceptors (Lipinski definition) is 8. The maximum Gasteiger partial charge on any atom is 0.338 e. The van der Waals surface area contributed by atoms with E-state index in [4.69, 9.17) is 14.0 Å². The molecule has 0 aliphatic rings. The lowest BCUT2D eigenvalue weighted by molar-refractivity contribution is 0.0430. The summed E-state index contributed by atoms with van der Waals surface area (Å²) in [5.41, 5.74) is 4.16. The molecule has 0 amide bonds. The highest BCUT2D eigenvalue weighted by Crippen LogP contribution is 2.21. The van der Waals surface area contributed by atoms with Gasteiger partial charge in [0.15, 0.2) is 6.61 Å². The van der Waals surface area contributed by atoms with Gasteiger partial charge in [-0.15, -0.1) is 0 Å². The van der Waals surface area contributed by atoms with E-state index in [9.17, 15) is 4.79 Å². The number of hydrogen-bond donors (Lipinski definition) is 0. The van der Waals surface area contributed by atoms with Crippen molar-refractivity contribution in [3.05, 3.63) is 65.3 Å². The summed E-state index contributed by atoms with van der Waals surface area (Å²) in [4.78, 5) is 25.6. The molecule has 0 spiro atoms. The first-order chi connectivity index (χ1) is 14.0. The number of carbonyl (C=O) groups is 1. The minimum absolute atomic E-state index is 0.132. The number of fused-ring (bicyclic) bond motifs is 1. The number of methoxy groups -OCH3 is 1. The summed E-state index contributed by atoms with van der Waals surface area (Å²) in [6.07, 6.45) is 0. The van der Waals surface area contributed by atoms with Crippen LogP contribution < -0.4 is 4.74 Å². The smallest absolute Gasteiger partial charge is 0.338 e. The Labute approximate surface area is 166 Å². The molecule has 146 valence electrons. The van der Waals surface area contributed by atoms with Crippen LogP contribution in [-0.4, -0.2) is 33.2 Å². The molecule has 4 rings (SSSR count). The normalized spacial score (nSPS) is 10.9. The van der Waals surface area contributed by atoms with E-state index in [0.717, 1.165) is 22.5 Å². The van der Waals surface area contributed by atoms with Gasteiger partial charge in [0, 0.05) is 5.56 Å². The first-order valence-corrected chi connectivity index (χ1v) is 8.92. The number of aromatic nitrogens is 4. The van der Waals surface area contributed by atoms with E-state index in [0.29, 0.717) is 22.7 Å². The molecule has 0 saturated heterocycles. The van der Waals surface area contributed by atoms with Crippen LogP contribution in [0.25, 0.3) is 22.4 Å². The van der Waals surface area contributed by atoms with Crippen LogP contribution in [0.4, 0.5) is 0 Å². The van der Waals surface area contributed by atoms with Crippen LogP contribution in [0.15, 0.2) is 47.0 Å². The number of esters is 1. The van der Waals surface area contributed by atoms with E-state index < -0.39 is 5.97 Å². The summed E-state index contributed by atoms with van der Waals surface area (Å²) in [6.45, 7) is 3.64. The van der Waals surface area contributed by atoms with Gasteiger partial charge >= 0.3 is 5.97 Å². The number of benzene rings is 2. The molecule has 4 aromatic rings. The van der Waals surface area contributed by atoms with Crippen LogP contribution in [0, 0.1) is 13.8 Å². The highest BCUT2D eigenvalue weighted by Gasteiger charge is 2.14. The molecule has 29 heavy (non-hydrogen) atoms. The van der Waals surface area contributed by atoms with E-state index in [1.54, 1.807) is 31.4 Å². The lowest BCUT2D eigenvalue weighted by atomic mass is 10.2. The van der Waals surface area contributed by atoms with Gasteiger partial charge in [-0.05, 0) is 44.2 Å². The monoisotopic (exact) mass is 390 g/mol. The molecule has 0 N–H and O–H groups in total. The van der Waals surface area contributed by atoms with Crippen LogP contribution >= 0.6 is 0 Å². The SMILES string of the molecule is COc1cccc(-c2noc(COC(=O)c3ccc4nc(C)c(C)nc4c3)n2)c1. The summed E-state index contributed by atoms with van der Waals surface area (Å²) >= 11 is 0. The maximum absolute atomic E-state index is 12.4. The fraction of sp³-hybridized carbons (Fsp3) is 0.190. The zero-order valence-corrected chi connectivity index (χ0v) is 16.2. The topological polar surface area (TPSA) is 100 Å². The van der Waals surface area contributed by atoms with Crippen molar-refractivity contribution in [1.29, 1.82) is 0 Å². The van der Waals surface area contributed by atoms with Crippen LogP contribution in [-0.2, 0) is 11.3 Å². The summed E-state index contributed by atoms with van der Waals surface area (Å²) in [5.74, 6) is 0.767. The van der Waals surface area contributed by atoms with E-state index in [2.05, 4.69) is 20.1 Å². The third-order valence-electron chi connectivity index (χ3n) is 4.43. The van der Waals surface area contributed by atoms with Crippen molar-refractivity contribution in [2.45, 2.75) is 20.5 Å². The average Bonchev–Trinajstić information content (AvgIpc) is 3.21. The Morgan fingerprint density at radius 1 is 1.00 bits per heavy atom. The molecule has 8 heteroatoms. The van der Waals surface area contributed by atoms with Gasteiger partial charge in [0.05, 0.1) is 35.1 Å². The molecular formula is C21H18N4O4. The van der Waals surface area contributed by atoms with Crippen LogP contribution in [0.2, 0.25) is 0 Å². The van der Waals surface area contributed by atoms with Crippen molar-refractivity contribution in [2.75, 3.05) is 7.11 Å². The highest BCUT2D eigenvalue weighted by molar-refractivity contribution is 5.93. The molecule has 0 aliphatic heterocycles. The maximum atomic E-state index is 12.4. The van der Waals surface area contributed by atoms with E-state index >= 15 is 0 Å². The molecule has 2 aromatic heterocycles. The minimum Gasteiger partial charge on any atom is -0.497 e. The second-order valence-corrected chi connectivity index (χ2v) is 6.42. The molecule has 0 aliphatic carbocycles. The Hall–Kier alpha value is -3.81. The van der Waals surface area contributed by atoms with Crippen molar-refractivity contribution in [3.63, 3.8) is 0 Å². The standard InChI is InChI=1S/C21H18N4O4/c1-12-13(2)23-18-10-15(7-8-17(18)22-12)21(26)28-11-19-24-20(25-29-19)14-5-4-6-16(9-14)27-3/h4-10H,11H2,1-3H3. The molecule has 0 atom stereocenters. The van der Waals surface area contributed by atoms with Gasteiger partial charge in [-0.25, -0.2) is 14.8 Å². The number of nitrogens with zero attached hydrogens (tertiary/aromatic N) is 4. The van der Waals surface area contributed by atoms with Crippen LogP contribution in [0.3, 0.4) is 0 Å². The zero-order chi connectivity index (χ0) is 20.4. The van der Waals surface area contributed by atoms with E-state index in [1.807, 2.05) is 32.0 Å². The molecule has 2 aromatic carbocycles. The summed E-state index contributed by atoms with van der Waals surface area (Å²) in [7, 11) is 1.58. The first kappa shape index (κ1) is 18.5. The highest BCUT2D eigenvalue weighted by atomic mass is 16.6. The van der Waals surface area contributed by atoms with Crippen molar-refractivity contribution in [3.8, 4) is 17.1 Å². The van der Waals surface area contributed by atoms with E-state index in [1.165, 1.54) is 0 Å². The molecule has 0 radical (unpaired) electrons. The average molecular weight is 390 g/mol. The van der Waals surface area contributed by atoms with Crippen molar-refractivity contribution >= 4 is 17.0 Å².